The number of allylic oxidation sites excluding steroid dienone is 5. The standard InChI is InChI=1S/C19H27NO2/c1-18-7-5-12(21)9-11(18)10-15(20)17-13-3-4-16(22)19(13,2)8-6-14(17)18/h4-5,7,9,11,13-15,17,21-22H,3,6,8,10,20H2,1-2H3/t11?,13-,14+,15?,17-,18-,19-/m0/s1. The quantitative estimate of drug-likeness (QED) is 0.636. The highest BCUT2D eigenvalue weighted by Crippen LogP contribution is 2.64. The van der Waals surface area contributed by atoms with Gasteiger partial charge < -0.3 is 15.9 Å². The Bertz CT molecular complexity index is 592. The third-order valence-corrected chi connectivity index (χ3v) is 7.48. The zero-order valence-corrected chi connectivity index (χ0v) is 13.5. The number of aliphatic hydroxyl groups is 2. The predicted octanol–water partition coefficient (Wildman–Crippen LogP) is 3.85. The molecule has 4 rings (SSSR count). The van der Waals surface area contributed by atoms with Gasteiger partial charge in [-0.05, 0) is 73.0 Å². The minimum Gasteiger partial charge on any atom is -0.512 e. The second-order valence-corrected chi connectivity index (χ2v) is 8.37. The molecule has 7 atom stereocenters. The molecular weight excluding hydrogens is 274 g/mol. The minimum atomic E-state index is -0.0711. The third kappa shape index (κ3) is 1.66. The first kappa shape index (κ1) is 14.4. The van der Waals surface area contributed by atoms with Gasteiger partial charge in [0.25, 0.3) is 0 Å². The highest BCUT2D eigenvalue weighted by atomic mass is 16.3. The largest absolute Gasteiger partial charge is 0.512 e. The van der Waals surface area contributed by atoms with Gasteiger partial charge in [-0.25, -0.2) is 0 Å². The van der Waals surface area contributed by atoms with Crippen LogP contribution in [-0.2, 0) is 0 Å². The summed E-state index contributed by atoms with van der Waals surface area (Å²) in [6, 6.07) is 0.155. The molecule has 22 heavy (non-hydrogen) atoms. The molecule has 0 aromatic rings. The van der Waals surface area contributed by atoms with Gasteiger partial charge in [-0.1, -0.05) is 19.9 Å². The summed E-state index contributed by atoms with van der Waals surface area (Å²) in [5.41, 5.74) is 6.64. The number of hydrogen-bond acceptors (Lipinski definition) is 3. The van der Waals surface area contributed by atoms with E-state index in [0.29, 0.717) is 35.2 Å². The van der Waals surface area contributed by atoms with E-state index < -0.39 is 0 Å². The van der Waals surface area contributed by atoms with Crippen molar-refractivity contribution in [2.75, 3.05) is 0 Å². The lowest BCUT2D eigenvalue weighted by molar-refractivity contribution is -0.0681. The summed E-state index contributed by atoms with van der Waals surface area (Å²) in [6.45, 7) is 4.56. The van der Waals surface area contributed by atoms with Crippen molar-refractivity contribution in [3.05, 3.63) is 35.8 Å². The van der Waals surface area contributed by atoms with Gasteiger partial charge in [0.15, 0.2) is 0 Å². The van der Waals surface area contributed by atoms with E-state index in [1.54, 1.807) is 0 Å². The van der Waals surface area contributed by atoms with Gasteiger partial charge in [0.1, 0.15) is 5.76 Å². The van der Waals surface area contributed by atoms with E-state index in [-0.39, 0.29) is 16.9 Å². The van der Waals surface area contributed by atoms with Crippen LogP contribution < -0.4 is 5.73 Å². The molecule has 4 aliphatic carbocycles. The van der Waals surface area contributed by atoms with Crippen LogP contribution in [0.3, 0.4) is 0 Å². The first-order valence-corrected chi connectivity index (χ1v) is 8.61. The van der Waals surface area contributed by atoms with Gasteiger partial charge in [0, 0.05) is 11.5 Å². The Hall–Kier alpha value is -1.22. The predicted molar refractivity (Wildman–Crippen MR) is 87.2 cm³/mol. The van der Waals surface area contributed by atoms with E-state index in [0.717, 1.165) is 25.7 Å². The number of rotatable bonds is 0. The Morgan fingerprint density at radius 2 is 2.00 bits per heavy atom. The molecule has 0 spiro atoms. The van der Waals surface area contributed by atoms with E-state index in [9.17, 15) is 10.2 Å². The van der Waals surface area contributed by atoms with Crippen molar-refractivity contribution in [3.8, 4) is 0 Å². The van der Waals surface area contributed by atoms with Crippen LogP contribution in [0.1, 0.15) is 39.5 Å². The van der Waals surface area contributed by atoms with Crippen molar-refractivity contribution in [2.24, 2.45) is 40.2 Å². The molecule has 0 radical (unpaired) electrons. The third-order valence-electron chi connectivity index (χ3n) is 7.48. The van der Waals surface area contributed by atoms with Crippen LogP contribution in [0.25, 0.3) is 0 Å². The lowest BCUT2D eigenvalue weighted by Gasteiger charge is -2.59. The SMILES string of the molecule is C[C@]12C=CC(O)=CC1CC(N)[C@@H]1[C@H]2CC[C@]2(C)C(O)=CC[C@@H]12. The fourth-order valence-electron chi connectivity index (χ4n) is 6.07. The molecule has 3 heteroatoms. The summed E-state index contributed by atoms with van der Waals surface area (Å²) in [7, 11) is 0. The number of fused-ring (bicyclic) bond motifs is 5. The van der Waals surface area contributed by atoms with Crippen molar-refractivity contribution in [3.63, 3.8) is 0 Å². The molecule has 2 saturated carbocycles. The fraction of sp³-hybridized carbons (Fsp3) is 0.684. The van der Waals surface area contributed by atoms with Gasteiger partial charge in [-0.3, -0.25) is 0 Å². The van der Waals surface area contributed by atoms with Crippen molar-refractivity contribution >= 4 is 0 Å². The molecule has 3 nitrogen and oxygen atoms in total. The van der Waals surface area contributed by atoms with E-state index in [1.807, 2.05) is 18.2 Å². The molecule has 4 N–H and O–H groups in total. The molecule has 0 heterocycles. The minimum absolute atomic E-state index is 0.0711. The lowest BCUT2D eigenvalue weighted by atomic mass is 9.46. The Labute approximate surface area is 132 Å². The molecule has 0 aliphatic heterocycles. The number of hydrogen-bond donors (Lipinski definition) is 3. The van der Waals surface area contributed by atoms with E-state index in [4.69, 9.17) is 5.73 Å². The molecule has 2 unspecified atom stereocenters. The maximum absolute atomic E-state index is 10.4. The topological polar surface area (TPSA) is 66.5 Å². The first-order chi connectivity index (χ1) is 10.4. The zero-order chi connectivity index (χ0) is 15.7. The van der Waals surface area contributed by atoms with Gasteiger partial charge in [-0.15, -0.1) is 0 Å². The van der Waals surface area contributed by atoms with Gasteiger partial charge in [0.2, 0.25) is 0 Å². The van der Waals surface area contributed by atoms with Crippen LogP contribution in [-0.4, -0.2) is 16.3 Å². The Morgan fingerprint density at radius 3 is 2.77 bits per heavy atom. The Kier molecular flexibility index (Phi) is 2.88. The monoisotopic (exact) mass is 301 g/mol. The van der Waals surface area contributed by atoms with Gasteiger partial charge in [0.05, 0.1) is 5.76 Å². The molecule has 0 saturated heterocycles. The molecule has 120 valence electrons. The molecule has 0 bridgehead atoms. The van der Waals surface area contributed by atoms with Crippen molar-refractivity contribution < 1.29 is 10.2 Å². The van der Waals surface area contributed by atoms with Crippen molar-refractivity contribution in [2.45, 2.75) is 45.6 Å². The molecule has 0 amide bonds. The summed E-state index contributed by atoms with van der Waals surface area (Å²) in [5, 5.41) is 20.2. The van der Waals surface area contributed by atoms with Crippen LogP contribution in [0.2, 0.25) is 0 Å². The number of nitrogens with two attached hydrogens (primary N) is 1. The van der Waals surface area contributed by atoms with Crippen molar-refractivity contribution in [1.29, 1.82) is 0 Å². The summed E-state index contributed by atoms with van der Waals surface area (Å²) < 4.78 is 0. The Balaban J connectivity index is 1.73. The maximum atomic E-state index is 10.4. The maximum Gasteiger partial charge on any atom is 0.111 e. The molecule has 2 fully saturated rings. The summed E-state index contributed by atoms with van der Waals surface area (Å²) >= 11 is 0. The molecule has 0 aromatic heterocycles. The van der Waals surface area contributed by atoms with Crippen LogP contribution in [0, 0.1) is 34.5 Å². The van der Waals surface area contributed by atoms with E-state index in [1.165, 1.54) is 0 Å². The lowest BCUT2D eigenvalue weighted by Crippen LogP contribution is -2.58. The highest BCUT2D eigenvalue weighted by molar-refractivity contribution is 5.29. The molecular formula is C19H27NO2. The Morgan fingerprint density at radius 1 is 1.23 bits per heavy atom. The van der Waals surface area contributed by atoms with Crippen LogP contribution in [0.5, 0.6) is 0 Å². The second kappa shape index (κ2) is 4.41. The molecule has 0 aromatic carbocycles. The number of aliphatic hydroxyl groups excluding tert-OH is 2. The summed E-state index contributed by atoms with van der Waals surface area (Å²) in [4.78, 5) is 0. The highest BCUT2D eigenvalue weighted by Gasteiger charge is 2.59. The van der Waals surface area contributed by atoms with Crippen LogP contribution in [0.15, 0.2) is 35.8 Å². The van der Waals surface area contributed by atoms with Crippen LogP contribution >= 0.6 is 0 Å². The average Bonchev–Trinajstić information content (AvgIpc) is 2.77. The fourth-order valence-corrected chi connectivity index (χ4v) is 6.07. The molecule has 4 aliphatic rings. The first-order valence-electron chi connectivity index (χ1n) is 8.61. The summed E-state index contributed by atoms with van der Waals surface area (Å²) in [5.74, 6) is 2.77. The average molecular weight is 301 g/mol. The zero-order valence-electron chi connectivity index (χ0n) is 13.5. The second-order valence-electron chi connectivity index (χ2n) is 8.37. The van der Waals surface area contributed by atoms with Gasteiger partial charge in [-0.2, -0.15) is 0 Å². The van der Waals surface area contributed by atoms with Gasteiger partial charge >= 0.3 is 0 Å². The normalized spacial score (nSPS) is 53.1. The van der Waals surface area contributed by atoms with Crippen molar-refractivity contribution in [1.82, 2.24) is 0 Å². The van der Waals surface area contributed by atoms with Crippen LogP contribution in [0.4, 0.5) is 0 Å². The smallest absolute Gasteiger partial charge is 0.111 e. The summed E-state index contributed by atoms with van der Waals surface area (Å²) in [6.07, 6.45) is 12.2. The van der Waals surface area contributed by atoms with E-state index in [2.05, 4.69) is 19.9 Å². The van der Waals surface area contributed by atoms with E-state index >= 15 is 0 Å².